The minimum atomic E-state index is -1.30. The maximum absolute atomic E-state index is 12.3. The van der Waals surface area contributed by atoms with Crippen LogP contribution in [0.2, 0.25) is 0 Å². The topological polar surface area (TPSA) is 144 Å². The summed E-state index contributed by atoms with van der Waals surface area (Å²) in [6.07, 6.45) is -0.817. The van der Waals surface area contributed by atoms with Crippen molar-refractivity contribution in [3.8, 4) is 0 Å². The van der Waals surface area contributed by atoms with Gasteiger partial charge in [0.25, 0.3) is 0 Å². The Morgan fingerprint density at radius 3 is 1.83 bits per heavy atom. The van der Waals surface area contributed by atoms with Crippen LogP contribution in [0.5, 0.6) is 0 Å². The van der Waals surface area contributed by atoms with Crippen molar-refractivity contribution in [3.63, 3.8) is 0 Å². The third kappa shape index (κ3) is 11.2. The van der Waals surface area contributed by atoms with Gasteiger partial charge in [0.05, 0.1) is 11.4 Å². The summed E-state index contributed by atoms with van der Waals surface area (Å²) in [4.78, 5) is 58.3. The predicted molar refractivity (Wildman–Crippen MR) is 101 cm³/mol. The fraction of sp³-hybridized carbons (Fsp3) is 0.706. The van der Waals surface area contributed by atoms with Gasteiger partial charge in [0.15, 0.2) is 0 Å². The molecular formula is C17H27NO10S. The summed E-state index contributed by atoms with van der Waals surface area (Å²) in [7, 11) is 0. The molecule has 11 nitrogen and oxygen atoms in total. The number of ether oxygens (including phenoxy) is 5. The summed E-state index contributed by atoms with van der Waals surface area (Å²) < 4.78 is 22.4. The van der Waals surface area contributed by atoms with Crippen molar-refractivity contribution in [3.05, 3.63) is 0 Å². The molecule has 166 valence electrons. The number of amides is 1. The molecule has 1 amide bonds. The Bertz CT molecular complexity index is 593. The normalized spacial score (nSPS) is 11.6. The van der Waals surface area contributed by atoms with Crippen LogP contribution < -0.4 is 5.32 Å². The van der Waals surface area contributed by atoms with Gasteiger partial charge >= 0.3 is 29.3 Å². The summed E-state index contributed by atoms with van der Waals surface area (Å²) in [6.45, 7) is 6.56. The number of carbonyl (C=O) groups is 5. The van der Waals surface area contributed by atoms with Gasteiger partial charge in [-0.2, -0.15) is 0 Å². The summed E-state index contributed by atoms with van der Waals surface area (Å²) in [5.41, 5.74) is 0. The van der Waals surface area contributed by atoms with E-state index in [1.807, 2.05) is 0 Å². The third-order valence-electron chi connectivity index (χ3n) is 3.21. The van der Waals surface area contributed by atoms with Crippen molar-refractivity contribution >= 4 is 41.1 Å². The predicted octanol–water partition coefficient (Wildman–Crippen LogP) is 2.11. The first-order valence-corrected chi connectivity index (χ1v) is 9.65. The van der Waals surface area contributed by atoms with E-state index >= 15 is 0 Å². The zero-order chi connectivity index (χ0) is 22.4. The standard InChI is InChI=1S/C17H27NO10S/c1-6-11(19)25-9-27-15(22)18-13(14(21)24-8-3)17(4,5)29-16(23)28-10-26-12(20)7-2/h13H,6-10H2,1-5H3,(H,18,22)/t13-/m0/s1. The van der Waals surface area contributed by atoms with Crippen molar-refractivity contribution < 1.29 is 47.7 Å². The van der Waals surface area contributed by atoms with Crippen LogP contribution in [0.25, 0.3) is 0 Å². The Hall–Kier alpha value is -2.50. The number of hydrogen-bond acceptors (Lipinski definition) is 11. The average molecular weight is 437 g/mol. The monoisotopic (exact) mass is 437 g/mol. The molecule has 0 unspecified atom stereocenters. The van der Waals surface area contributed by atoms with E-state index in [1.165, 1.54) is 13.8 Å². The molecule has 0 saturated carbocycles. The molecule has 0 aromatic heterocycles. The van der Waals surface area contributed by atoms with Gasteiger partial charge in [-0.05, 0) is 32.5 Å². The average Bonchev–Trinajstić information content (AvgIpc) is 2.65. The van der Waals surface area contributed by atoms with E-state index in [-0.39, 0.29) is 19.4 Å². The third-order valence-corrected chi connectivity index (χ3v) is 4.26. The zero-order valence-corrected chi connectivity index (χ0v) is 17.9. The lowest BCUT2D eigenvalue weighted by Gasteiger charge is -2.31. The van der Waals surface area contributed by atoms with E-state index < -0.39 is 53.7 Å². The first-order valence-electron chi connectivity index (χ1n) is 8.84. The number of hydrogen-bond donors (Lipinski definition) is 1. The maximum Gasteiger partial charge on any atom is 0.410 e. The molecule has 0 aromatic carbocycles. The minimum Gasteiger partial charge on any atom is -0.464 e. The molecule has 0 bridgehead atoms. The minimum absolute atomic E-state index is 0.0400. The summed E-state index contributed by atoms with van der Waals surface area (Å²) in [6, 6.07) is -1.30. The molecule has 1 N–H and O–H groups in total. The number of esters is 3. The lowest BCUT2D eigenvalue weighted by atomic mass is 10.0. The summed E-state index contributed by atoms with van der Waals surface area (Å²) in [5.74, 6) is -1.92. The van der Waals surface area contributed by atoms with Crippen LogP contribution in [-0.2, 0) is 38.1 Å². The molecule has 0 spiro atoms. The van der Waals surface area contributed by atoms with Crippen LogP contribution in [0.1, 0.15) is 47.5 Å². The molecule has 12 heteroatoms. The van der Waals surface area contributed by atoms with E-state index in [9.17, 15) is 24.0 Å². The van der Waals surface area contributed by atoms with Crippen LogP contribution in [-0.4, -0.2) is 60.3 Å². The molecule has 0 fully saturated rings. The first kappa shape index (κ1) is 26.5. The molecule has 0 saturated heterocycles. The van der Waals surface area contributed by atoms with E-state index in [1.54, 1.807) is 20.8 Å². The summed E-state index contributed by atoms with van der Waals surface area (Å²) >= 11 is 0.589. The Balaban J connectivity index is 4.91. The van der Waals surface area contributed by atoms with Gasteiger partial charge in [0.1, 0.15) is 6.04 Å². The first-order chi connectivity index (χ1) is 13.6. The molecule has 0 aliphatic rings. The van der Waals surface area contributed by atoms with E-state index in [0.29, 0.717) is 11.8 Å². The van der Waals surface area contributed by atoms with Crippen molar-refractivity contribution in [2.45, 2.75) is 58.2 Å². The number of rotatable bonds is 11. The smallest absolute Gasteiger partial charge is 0.410 e. The van der Waals surface area contributed by atoms with Gasteiger partial charge in [-0.3, -0.25) is 9.59 Å². The SMILES string of the molecule is CCOC(=O)[C@H](NC(=O)OCOC(=O)CC)C(C)(C)SC(=O)OCOC(=O)CC. The lowest BCUT2D eigenvalue weighted by molar-refractivity contribution is -0.152. The second kappa shape index (κ2) is 13.6. The Labute approximate surface area is 173 Å². The van der Waals surface area contributed by atoms with Gasteiger partial charge in [-0.15, -0.1) is 0 Å². The Kier molecular flexibility index (Phi) is 12.5. The van der Waals surface area contributed by atoms with Crippen molar-refractivity contribution in [2.75, 3.05) is 20.2 Å². The zero-order valence-electron chi connectivity index (χ0n) is 17.1. The fourth-order valence-corrected chi connectivity index (χ4v) is 2.51. The highest BCUT2D eigenvalue weighted by Crippen LogP contribution is 2.31. The lowest BCUT2D eigenvalue weighted by Crippen LogP contribution is -2.53. The van der Waals surface area contributed by atoms with Crippen LogP contribution in [0.4, 0.5) is 9.59 Å². The molecule has 29 heavy (non-hydrogen) atoms. The highest BCUT2D eigenvalue weighted by Gasteiger charge is 2.41. The molecule has 0 aliphatic carbocycles. The van der Waals surface area contributed by atoms with Crippen molar-refractivity contribution in [2.24, 2.45) is 0 Å². The fourth-order valence-electron chi connectivity index (χ4n) is 1.70. The largest absolute Gasteiger partial charge is 0.464 e. The second-order valence-corrected chi connectivity index (χ2v) is 7.43. The van der Waals surface area contributed by atoms with Crippen LogP contribution in [0, 0.1) is 0 Å². The molecule has 0 heterocycles. The highest BCUT2D eigenvalue weighted by atomic mass is 32.2. The summed E-state index contributed by atoms with van der Waals surface area (Å²) in [5, 5.41) is 1.45. The van der Waals surface area contributed by atoms with E-state index in [4.69, 9.17) is 14.2 Å². The quantitative estimate of drug-likeness (QED) is 0.288. The number of nitrogens with one attached hydrogen (secondary N) is 1. The molecule has 0 aromatic rings. The van der Waals surface area contributed by atoms with Gasteiger partial charge < -0.3 is 29.0 Å². The van der Waals surface area contributed by atoms with E-state index in [2.05, 4.69) is 14.8 Å². The van der Waals surface area contributed by atoms with Gasteiger partial charge in [-0.1, -0.05) is 13.8 Å². The number of carbonyl (C=O) groups excluding carboxylic acids is 5. The van der Waals surface area contributed by atoms with Gasteiger partial charge in [-0.25, -0.2) is 14.4 Å². The molecule has 0 aliphatic heterocycles. The number of alkyl carbamates (subject to hydrolysis) is 1. The molecule has 0 radical (unpaired) electrons. The van der Waals surface area contributed by atoms with Gasteiger partial charge in [0, 0.05) is 12.8 Å². The highest BCUT2D eigenvalue weighted by molar-refractivity contribution is 8.14. The van der Waals surface area contributed by atoms with Crippen molar-refractivity contribution in [1.82, 2.24) is 5.32 Å². The Morgan fingerprint density at radius 2 is 1.34 bits per heavy atom. The van der Waals surface area contributed by atoms with Crippen LogP contribution >= 0.6 is 11.8 Å². The van der Waals surface area contributed by atoms with Crippen molar-refractivity contribution in [1.29, 1.82) is 0 Å². The molecular weight excluding hydrogens is 410 g/mol. The maximum atomic E-state index is 12.3. The van der Waals surface area contributed by atoms with Crippen LogP contribution in [0.15, 0.2) is 0 Å². The number of thioether (sulfide) groups is 1. The van der Waals surface area contributed by atoms with Crippen LogP contribution in [0.3, 0.4) is 0 Å². The molecule has 1 atom stereocenters. The molecule has 0 rings (SSSR count). The van der Waals surface area contributed by atoms with E-state index in [0.717, 1.165) is 0 Å². The Morgan fingerprint density at radius 1 is 0.828 bits per heavy atom. The second-order valence-electron chi connectivity index (χ2n) is 5.84. The van der Waals surface area contributed by atoms with Gasteiger partial charge in [0.2, 0.25) is 13.6 Å².